The molecule has 1 saturated heterocycles. The summed E-state index contributed by atoms with van der Waals surface area (Å²) in [7, 11) is 0. The average molecular weight is 525 g/mol. The number of esters is 1. The molecule has 0 spiro atoms. The molecule has 1 fully saturated rings. The predicted octanol–water partition coefficient (Wildman–Crippen LogP) is 4.47. The van der Waals surface area contributed by atoms with Crippen molar-refractivity contribution in [1.82, 2.24) is 14.5 Å². The largest absolute Gasteiger partial charge is 0.443 e. The first-order valence-electron chi connectivity index (χ1n) is 10.6. The van der Waals surface area contributed by atoms with E-state index in [1.807, 2.05) is 26.0 Å². The molecule has 1 aliphatic heterocycles. The van der Waals surface area contributed by atoms with Gasteiger partial charge in [0.2, 0.25) is 0 Å². The van der Waals surface area contributed by atoms with Gasteiger partial charge in [-0.2, -0.15) is 0 Å². The molecule has 182 valence electrons. The number of halogens is 2. The number of hydrogen-bond donors (Lipinski definition) is 2. The van der Waals surface area contributed by atoms with Crippen LogP contribution in [0.3, 0.4) is 0 Å². The number of rotatable bonds is 9. The van der Waals surface area contributed by atoms with Crippen molar-refractivity contribution in [2.45, 2.75) is 38.4 Å². The lowest BCUT2D eigenvalue weighted by molar-refractivity contribution is -0.149. The standard InChI is InChI=1S/C23H26Cl2N4O4S/c1-14(2)11-19(26)21(31)33-13-28-22(27-20(30)16-5-9-18(25)10-6-16)34-29(23(28)32)12-15-3-7-17(24)8-4-15/h3-10,14,19,22H,11-13,26H2,1-2H3,(H,27,30). The Hall–Kier alpha value is -2.46. The molecule has 0 bridgehead atoms. The summed E-state index contributed by atoms with van der Waals surface area (Å²) in [6, 6.07) is 12.3. The predicted molar refractivity (Wildman–Crippen MR) is 133 cm³/mol. The topological polar surface area (TPSA) is 105 Å². The van der Waals surface area contributed by atoms with Gasteiger partial charge in [-0.25, -0.2) is 4.79 Å². The third-order valence-corrected chi connectivity index (χ3v) is 6.56. The van der Waals surface area contributed by atoms with Gasteiger partial charge in [0.05, 0.1) is 6.54 Å². The van der Waals surface area contributed by atoms with E-state index in [0.29, 0.717) is 22.0 Å². The van der Waals surface area contributed by atoms with E-state index in [9.17, 15) is 14.4 Å². The SMILES string of the molecule is CC(C)CC(N)C(=O)OCN1C(=O)N(Cc2ccc(Cl)cc2)SC1NC(=O)c1ccc(Cl)cc1. The maximum absolute atomic E-state index is 13.1. The van der Waals surface area contributed by atoms with E-state index < -0.39 is 29.4 Å². The summed E-state index contributed by atoms with van der Waals surface area (Å²) >= 11 is 13.0. The Morgan fingerprint density at radius 2 is 1.68 bits per heavy atom. The quantitative estimate of drug-likeness (QED) is 0.370. The molecule has 34 heavy (non-hydrogen) atoms. The second kappa shape index (κ2) is 11.8. The Bertz CT molecular complexity index is 1020. The average Bonchev–Trinajstić information content (AvgIpc) is 3.07. The monoisotopic (exact) mass is 524 g/mol. The van der Waals surface area contributed by atoms with Gasteiger partial charge in [0.1, 0.15) is 6.04 Å². The molecule has 3 rings (SSSR count). The van der Waals surface area contributed by atoms with Crippen molar-refractivity contribution >= 4 is 53.1 Å². The number of benzene rings is 2. The molecule has 0 aromatic heterocycles. The van der Waals surface area contributed by atoms with E-state index in [0.717, 1.165) is 17.5 Å². The highest BCUT2D eigenvalue weighted by atomic mass is 35.5. The minimum absolute atomic E-state index is 0.216. The summed E-state index contributed by atoms with van der Waals surface area (Å²) in [6.45, 7) is 3.82. The number of nitrogens with one attached hydrogen (secondary N) is 1. The second-order valence-corrected chi connectivity index (χ2v) is 10.2. The molecular weight excluding hydrogens is 499 g/mol. The van der Waals surface area contributed by atoms with Gasteiger partial charge in [-0.1, -0.05) is 49.2 Å². The number of urea groups is 1. The van der Waals surface area contributed by atoms with Crippen molar-refractivity contribution in [1.29, 1.82) is 0 Å². The van der Waals surface area contributed by atoms with Crippen LogP contribution in [0.4, 0.5) is 4.79 Å². The van der Waals surface area contributed by atoms with E-state index in [2.05, 4.69) is 5.32 Å². The molecule has 2 aromatic rings. The zero-order valence-corrected chi connectivity index (χ0v) is 21.1. The number of carbonyl (C=O) groups excluding carboxylic acids is 3. The minimum Gasteiger partial charge on any atom is -0.443 e. The number of ether oxygens (including phenoxy) is 1. The third-order valence-electron chi connectivity index (χ3n) is 4.94. The maximum atomic E-state index is 13.1. The Labute approximate surface area is 212 Å². The molecule has 11 heteroatoms. The van der Waals surface area contributed by atoms with Gasteiger partial charge in [0.15, 0.2) is 12.2 Å². The van der Waals surface area contributed by atoms with Crippen LogP contribution in [0.25, 0.3) is 0 Å². The lowest BCUT2D eigenvalue weighted by Gasteiger charge is -2.23. The van der Waals surface area contributed by atoms with E-state index in [4.69, 9.17) is 33.7 Å². The van der Waals surface area contributed by atoms with Crippen LogP contribution in [0, 0.1) is 5.92 Å². The van der Waals surface area contributed by atoms with Crippen molar-refractivity contribution < 1.29 is 19.1 Å². The summed E-state index contributed by atoms with van der Waals surface area (Å²) < 4.78 is 6.81. The highest BCUT2D eigenvalue weighted by Crippen LogP contribution is 2.31. The first-order valence-corrected chi connectivity index (χ1v) is 12.2. The molecule has 1 heterocycles. The van der Waals surface area contributed by atoms with Crippen LogP contribution in [-0.2, 0) is 16.1 Å². The van der Waals surface area contributed by atoms with Crippen LogP contribution in [-0.4, -0.2) is 45.4 Å². The first kappa shape index (κ1) is 26.2. The van der Waals surface area contributed by atoms with Crippen LogP contribution in [0.5, 0.6) is 0 Å². The molecule has 0 saturated carbocycles. The highest BCUT2D eigenvalue weighted by molar-refractivity contribution is 7.98. The Kier molecular flexibility index (Phi) is 9.07. The first-order chi connectivity index (χ1) is 16.1. The zero-order chi connectivity index (χ0) is 24.8. The number of carbonyl (C=O) groups is 3. The van der Waals surface area contributed by atoms with Crippen molar-refractivity contribution in [3.8, 4) is 0 Å². The Balaban J connectivity index is 1.72. The fourth-order valence-electron chi connectivity index (χ4n) is 3.19. The summed E-state index contributed by atoms with van der Waals surface area (Å²) in [5.74, 6) is -0.790. The van der Waals surface area contributed by atoms with Crippen molar-refractivity contribution in [2.75, 3.05) is 6.73 Å². The van der Waals surface area contributed by atoms with E-state index >= 15 is 0 Å². The van der Waals surface area contributed by atoms with Crippen molar-refractivity contribution in [3.05, 3.63) is 69.7 Å². The van der Waals surface area contributed by atoms with E-state index in [1.54, 1.807) is 36.4 Å². The number of nitrogens with two attached hydrogens (primary N) is 1. The number of hydrogen-bond acceptors (Lipinski definition) is 6. The highest BCUT2D eigenvalue weighted by Gasteiger charge is 2.40. The lowest BCUT2D eigenvalue weighted by atomic mass is 10.1. The Morgan fingerprint density at radius 1 is 1.09 bits per heavy atom. The van der Waals surface area contributed by atoms with Crippen LogP contribution in [0.2, 0.25) is 10.0 Å². The molecule has 3 N–H and O–H groups in total. The minimum atomic E-state index is -0.794. The van der Waals surface area contributed by atoms with Gasteiger partial charge < -0.3 is 15.8 Å². The fraction of sp³-hybridized carbons (Fsp3) is 0.348. The van der Waals surface area contributed by atoms with Crippen molar-refractivity contribution in [3.63, 3.8) is 0 Å². The summed E-state index contributed by atoms with van der Waals surface area (Å²) in [6.07, 6.45) is 0.459. The van der Waals surface area contributed by atoms with E-state index in [-0.39, 0.29) is 19.2 Å². The fourth-order valence-corrected chi connectivity index (χ4v) is 4.53. The van der Waals surface area contributed by atoms with Crippen LogP contribution < -0.4 is 11.1 Å². The summed E-state index contributed by atoms with van der Waals surface area (Å²) in [5, 5.41) is 3.89. The lowest BCUT2D eigenvalue weighted by Crippen LogP contribution is -2.47. The van der Waals surface area contributed by atoms with Crippen LogP contribution in [0.1, 0.15) is 36.2 Å². The van der Waals surface area contributed by atoms with Crippen molar-refractivity contribution in [2.24, 2.45) is 11.7 Å². The molecule has 2 aromatic carbocycles. The number of amides is 3. The second-order valence-electron chi connectivity index (χ2n) is 8.18. The summed E-state index contributed by atoms with van der Waals surface area (Å²) in [5.41, 5.74) is 6.34. The van der Waals surface area contributed by atoms with Gasteiger partial charge >= 0.3 is 12.0 Å². The smallest absolute Gasteiger partial charge is 0.335 e. The summed E-state index contributed by atoms with van der Waals surface area (Å²) in [4.78, 5) is 39.5. The van der Waals surface area contributed by atoms with Gasteiger partial charge in [0, 0.05) is 27.6 Å². The van der Waals surface area contributed by atoms with Gasteiger partial charge in [-0.05, 0) is 54.3 Å². The molecular formula is C23H26Cl2N4O4S. The van der Waals surface area contributed by atoms with Gasteiger partial charge in [0.25, 0.3) is 5.91 Å². The zero-order valence-electron chi connectivity index (χ0n) is 18.7. The molecule has 0 aliphatic carbocycles. The van der Waals surface area contributed by atoms with Gasteiger partial charge in [-0.15, -0.1) is 0 Å². The Morgan fingerprint density at radius 3 is 2.26 bits per heavy atom. The molecule has 8 nitrogen and oxygen atoms in total. The van der Waals surface area contributed by atoms with Crippen LogP contribution >= 0.6 is 35.1 Å². The molecule has 2 unspecified atom stereocenters. The van der Waals surface area contributed by atoms with E-state index in [1.165, 1.54) is 9.21 Å². The van der Waals surface area contributed by atoms with Crippen LogP contribution in [0.15, 0.2) is 48.5 Å². The normalized spacial score (nSPS) is 16.6. The maximum Gasteiger partial charge on any atom is 0.335 e. The van der Waals surface area contributed by atoms with Gasteiger partial charge in [-0.3, -0.25) is 18.8 Å². The molecule has 3 amide bonds. The molecule has 2 atom stereocenters. The molecule has 1 aliphatic rings. The third kappa shape index (κ3) is 7.02. The molecule has 0 radical (unpaired) electrons. The number of nitrogens with zero attached hydrogens (tertiary/aromatic N) is 2.